The second-order valence-electron chi connectivity index (χ2n) is 7.96. The maximum absolute atomic E-state index is 13.9. The first-order valence-electron chi connectivity index (χ1n) is 10.1. The predicted molar refractivity (Wildman–Crippen MR) is 111 cm³/mol. The first-order chi connectivity index (χ1) is 14.3. The summed E-state index contributed by atoms with van der Waals surface area (Å²) in [5.74, 6) is -2.23. The third kappa shape index (κ3) is 3.67. The molecule has 1 saturated heterocycles. The SMILES string of the molecule is CC1CCCC(C)N1c1nc2c(c(=O)[nH]1)C(C(=O)Nc1ccccc1F)CC(=O)N2. The number of hydrogen-bond acceptors (Lipinski definition) is 5. The van der Waals surface area contributed by atoms with Crippen LogP contribution in [-0.2, 0) is 9.59 Å². The second-order valence-corrected chi connectivity index (χ2v) is 7.96. The van der Waals surface area contributed by atoms with Gasteiger partial charge in [-0.15, -0.1) is 0 Å². The van der Waals surface area contributed by atoms with E-state index in [1.165, 1.54) is 18.2 Å². The Morgan fingerprint density at radius 3 is 2.60 bits per heavy atom. The summed E-state index contributed by atoms with van der Waals surface area (Å²) in [6.07, 6.45) is 2.84. The quantitative estimate of drug-likeness (QED) is 0.717. The summed E-state index contributed by atoms with van der Waals surface area (Å²) in [5.41, 5.74) is -0.398. The molecular weight excluding hydrogens is 389 g/mol. The smallest absolute Gasteiger partial charge is 0.258 e. The molecule has 0 radical (unpaired) electrons. The van der Waals surface area contributed by atoms with Crippen LogP contribution in [0, 0.1) is 5.82 Å². The molecule has 1 fully saturated rings. The molecule has 158 valence electrons. The van der Waals surface area contributed by atoms with Crippen LogP contribution in [0.15, 0.2) is 29.1 Å². The number of carbonyl (C=O) groups is 2. The van der Waals surface area contributed by atoms with Crippen LogP contribution in [-0.4, -0.2) is 33.9 Å². The molecule has 1 aromatic heterocycles. The molecule has 0 bridgehead atoms. The van der Waals surface area contributed by atoms with Crippen molar-refractivity contribution in [2.24, 2.45) is 0 Å². The average molecular weight is 413 g/mol. The van der Waals surface area contributed by atoms with Gasteiger partial charge < -0.3 is 15.5 Å². The summed E-state index contributed by atoms with van der Waals surface area (Å²) >= 11 is 0. The normalized spacial score (nSPS) is 23.5. The average Bonchev–Trinajstić information content (AvgIpc) is 2.68. The van der Waals surface area contributed by atoms with Crippen molar-refractivity contribution in [1.82, 2.24) is 9.97 Å². The lowest BCUT2D eigenvalue weighted by atomic mass is 9.92. The van der Waals surface area contributed by atoms with Crippen molar-refractivity contribution in [1.29, 1.82) is 0 Å². The van der Waals surface area contributed by atoms with Gasteiger partial charge in [0.05, 0.1) is 17.2 Å². The Kier molecular flexibility index (Phi) is 5.27. The number of rotatable bonds is 3. The number of hydrogen-bond donors (Lipinski definition) is 3. The van der Waals surface area contributed by atoms with Crippen LogP contribution in [0.25, 0.3) is 0 Å². The number of halogens is 1. The van der Waals surface area contributed by atoms with E-state index in [1.807, 2.05) is 4.90 Å². The number of para-hydroxylation sites is 1. The van der Waals surface area contributed by atoms with Gasteiger partial charge in [-0.1, -0.05) is 12.1 Å². The summed E-state index contributed by atoms with van der Waals surface area (Å²) in [4.78, 5) is 47.4. The van der Waals surface area contributed by atoms with E-state index in [0.717, 1.165) is 19.3 Å². The van der Waals surface area contributed by atoms with Gasteiger partial charge in [-0.05, 0) is 45.2 Å². The van der Waals surface area contributed by atoms with Crippen molar-refractivity contribution < 1.29 is 14.0 Å². The number of aromatic amines is 1. The van der Waals surface area contributed by atoms with Crippen molar-refractivity contribution in [2.45, 2.75) is 57.5 Å². The molecule has 0 saturated carbocycles. The van der Waals surface area contributed by atoms with Crippen LogP contribution in [0.1, 0.15) is 51.0 Å². The molecule has 8 nitrogen and oxygen atoms in total. The Morgan fingerprint density at radius 2 is 1.90 bits per heavy atom. The Labute approximate surface area is 172 Å². The van der Waals surface area contributed by atoms with Gasteiger partial charge in [-0.2, -0.15) is 4.98 Å². The molecule has 3 N–H and O–H groups in total. The van der Waals surface area contributed by atoms with Crippen LogP contribution >= 0.6 is 0 Å². The highest BCUT2D eigenvalue weighted by atomic mass is 19.1. The number of amides is 2. The first-order valence-corrected chi connectivity index (χ1v) is 10.1. The van der Waals surface area contributed by atoms with Gasteiger partial charge in [0.1, 0.15) is 11.6 Å². The van der Waals surface area contributed by atoms with Crippen molar-refractivity contribution in [3.05, 3.63) is 46.0 Å². The van der Waals surface area contributed by atoms with Gasteiger partial charge in [0.2, 0.25) is 17.8 Å². The van der Waals surface area contributed by atoms with E-state index in [4.69, 9.17) is 0 Å². The fourth-order valence-corrected chi connectivity index (χ4v) is 4.33. The van der Waals surface area contributed by atoms with Crippen molar-refractivity contribution >= 4 is 29.3 Å². The van der Waals surface area contributed by atoms with Crippen LogP contribution in [0.5, 0.6) is 0 Å². The minimum absolute atomic E-state index is 0.00740. The highest BCUT2D eigenvalue weighted by Crippen LogP contribution is 2.32. The lowest BCUT2D eigenvalue weighted by Crippen LogP contribution is -2.46. The van der Waals surface area contributed by atoms with Gasteiger partial charge in [-0.3, -0.25) is 19.4 Å². The number of piperidine rings is 1. The van der Waals surface area contributed by atoms with Crippen molar-refractivity contribution in [2.75, 3.05) is 15.5 Å². The number of nitrogens with zero attached hydrogens (tertiary/aromatic N) is 2. The summed E-state index contributed by atoms with van der Waals surface area (Å²) in [5, 5.41) is 5.09. The van der Waals surface area contributed by atoms with E-state index in [-0.39, 0.29) is 35.6 Å². The lowest BCUT2D eigenvalue weighted by Gasteiger charge is -2.39. The number of H-pyrrole nitrogens is 1. The van der Waals surface area contributed by atoms with Gasteiger partial charge >= 0.3 is 0 Å². The third-order valence-electron chi connectivity index (χ3n) is 5.82. The van der Waals surface area contributed by atoms with Crippen LogP contribution in [0.2, 0.25) is 0 Å². The minimum Gasteiger partial charge on any atom is -0.337 e. The second kappa shape index (κ2) is 7.89. The van der Waals surface area contributed by atoms with Crippen molar-refractivity contribution in [3.63, 3.8) is 0 Å². The zero-order chi connectivity index (χ0) is 21.4. The summed E-state index contributed by atoms with van der Waals surface area (Å²) in [6.45, 7) is 4.14. The van der Waals surface area contributed by atoms with E-state index in [2.05, 4.69) is 34.4 Å². The zero-order valence-corrected chi connectivity index (χ0v) is 16.9. The number of aromatic nitrogens is 2. The van der Waals surface area contributed by atoms with E-state index >= 15 is 0 Å². The Bertz CT molecular complexity index is 1040. The molecule has 2 aliphatic heterocycles. The molecule has 0 spiro atoms. The molecule has 0 aliphatic carbocycles. The van der Waals surface area contributed by atoms with Crippen LogP contribution in [0.3, 0.4) is 0 Å². The fourth-order valence-electron chi connectivity index (χ4n) is 4.33. The van der Waals surface area contributed by atoms with E-state index in [9.17, 15) is 18.8 Å². The molecule has 1 aromatic carbocycles. The van der Waals surface area contributed by atoms with E-state index < -0.39 is 29.1 Å². The molecule has 9 heteroatoms. The van der Waals surface area contributed by atoms with Gasteiger partial charge in [0.15, 0.2) is 0 Å². The number of fused-ring (bicyclic) bond motifs is 1. The topological polar surface area (TPSA) is 107 Å². The van der Waals surface area contributed by atoms with E-state index in [1.54, 1.807) is 6.07 Å². The minimum atomic E-state index is -1.06. The summed E-state index contributed by atoms with van der Waals surface area (Å²) < 4.78 is 13.9. The first kappa shape index (κ1) is 20.1. The Morgan fingerprint density at radius 1 is 1.20 bits per heavy atom. The predicted octanol–water partition coefficient (Wildman–Crippen LogP) is 2.74. The Balaban J connectivity index is 1.69. The molecule has 4 rings (SSSR count). The molecule has 3 heterocycles. The number of benzene rings is 1. The Hall–Kier alpha value is -3.23. The fraction of sp³-hybridized carbons (Fsp3) is 0.429. The van der Waals surface area contributed by atoms with Crippen LogP contribution in [0.4, 0.5) is 21.8 Å². The highest BCUT2D eigenvalue weighted by molar-refractivity contribution is 6.04. The zero-order valence-electron chi connectivity index (χ0n) is 16.9. The number of nitrogens with one attached hydrogen (secondary N) is 3. The molecule has 3 atom stereocenters. The molecular formula is C21H24FN5O3. The molecule has 2 aliphatic rings. The molecule has 30 heavy (non-hydrogen) atoms. The molecule has 2 aromatic rings. The van der Waals surface area contributed by atoms with Gasteiger partial charge in [-0.25, -0.2) is 4.39 Å². The maximum Gasteiger partial charge on any atom is 0.258 e. The monoisotopic (exact) mass is 413 g/mol. The molecule has 2 amide bonds. The summed E-state index contributed by atoms with van der Waals surface area (Å²) in [6, 6.07) is 6.11. The lowest BCUT2D eigenvalue weighted by molar-refractivity contribution is -0.123. The maximum atomic E-state index is 13.9. The van der Waals surface area contributed by atoms with Gasteiger partial charge in [0, 0.05) is 18.5 Å². The highest BCUT2D eigenvalue weighted by Gasteiger charge is 2.36. The summed E-state index contributed by atoms with van der Waals surface area (Å²) in [7, 11) is 0. The van der Waals surface area contributed by atoms with E-state index in [0.29, 0.717) is 5.95 Å². The standard InChI is InChI=1S/C21H24FN5O3/c1-11-6-5-7-12(2)27(11)21-25-18-17(20(30)26-21)13(10-16(28)24-18)19(29)23-15-9-4-3-8-14(15)22/h3-4,8-9,11-13H,5-7,10H2,1-2H3,(H,23,29)(H2,24,25,26,28,30). The number of anilines is 3. The third-order valence-corrected chi connectivity index (χ3v) is 5.82. The number of carbonyl (C=O) groups excluding carboxylic acids is 2. The largest absolute Gasteiger partial charge is 0.337 e. The van der Waals surface area contributed by atoms with Crippen LogP contribution < -0.4 is 21.1 Å². The van der Waals surface area contributed by atoms with Crippen molar-refractivity contribution in [3.8, 4) is 0 Å². The molecule has 3 unspecified atom stereocenters. The van der Waals surface area contributed by atoms with Gasteiger partial charge in [0.25, 0.3) is 5.56 Å².